The van der Waals surface area contributed by atoms with Crippen molar-refractivity contribution in [2.24, 2.45) is 5.41 Å². The van der Waals surface area contributed by atoms with Gasteiger partial charge in [-0.05, 0) is 56.7 Å². The van der Waals surface area contributed by atoms with Crippen molar-refractivity contribution in [3.8, 4) is 6.07 Å². The second kappa shape index (κ2) is 7.20. The average Bonchev–Trinajstić information content (AvgIpc) is 2.36. The van der Waals surface area contributed by atoms with Gasteiger partial charge in [0.2, 0.25) is 5.91 Å². The molecule has 0 aliphatic rings. The lowest BCUT2D eigenvalue weighted by molar-refractivity contribution is -0.114. The van der Waals surface area contributed by atoms with E-state index in [1.165, 1.54) is 11.8 Å². The maximum atomic E-state index is 10.9. The Morgan fingerprint density at radius 2 is 2.00 bits per heavy atom. The van der Waals surface area contributed by atoms with Gasteiger partial charge in [0.15, 0.2) is 0 Å². The molecule has 0 radical (unpaired) electrons. The number of benzene rings is 1. The number of nitrogens with one attached hydrogen (secondary N) is 1. The molecule has 0 heterocycles. The molecule has 0 bridgehead atoms. The highest BCUT2D eigenvalue weighted by molar-refractivity contribution is 7.99. The van der Waals surface area contributed by atoms with Crippen LogP contribution in [-0.4, -0.2) is 11.7 Å². The van der Waals surface area contributed by atoms with Gasteiger partial charge in [-0.2, -0.15) is 5.26 Å². The molecule has 102 valence electrons. The van der Waals surface area contributed by atoms with E-state index >= 15 is 0 Å². The van der Waals surface area contributed by atoms with Crippen molar-refractivity contribution in [1.82, 2.24) is 0 Å². The molecule has 0 spiro atoms. The maximum absolute atomic E-state index is 10.9. The van der Waals surface area contributed by atoms with Crippen LogP contribution in [0, 0.1) is 16.7 Å². The first-order valence-corrected chi connectivity index (χ1v) is 7.33. The first-order valence-electron chi connectivity index (χ1n) is 6.35. The molecule has 1 N–H and O–H groups in total. The number of nitrogens with zero attached hydrogens (tertiary/aromatic N) is 1. The van der Waals surface area contributed by atoms with Gasteiger partial charge in [0.25, 0.3) is 0 Å². The summed E-state index contributed by atoms with van der Waals surface area (Å²) >= 11 is 1.78. The average molecular weight is 276 g/mol. The zero-order valence-electron chi connectivity index (χ0n) is 11.7. The molecule has 19 heavy (non-hydrogen) atoms. The van der Waals surface area contributed by atoms with Crippen LogP contribution in [0.5, 0.6) is 0 Å². The second-order valence-electron chi connectivity index (χ2n) is 5.15. The normalized spacial score (nSPS) is 10.8. The fraction of sp³-hybridized carbons (Fsp3) is 0.467. The predicted molar refractivity (Wildman–Crippen MR) is 80.1 cm³/mol. The summed E-state index contributed by atoms with van der Waals surface area (Å²) in [6.07, 6.45) is 1.94. The van der Waals surface area contributed by atoms with E-state index in [1.54, 1.807) is 11.8 Å². The van der Waals surface area contributed by atoms with Gasteiger partial charge in [-0.1, -0.05) is 0 Å². The van der Waals surface area contributed by atoms with E-state index in [-0.39, 0.29) is 11.3 Å². The predicted octanol–water partition coefficient (Wildman–Crippen LogP) is 4.07. The minimum Gasteiger partial charge on any atom is -0.326 e. The molecule has 0 atom stereocenters. The molecule has 0 aliphatic heterocycles. The minimum atomic E-state index is -0.226. The number of thioether (sulfide) groups is 1. The molecule has 1 rings (SSSR count). The smallest absolute Gasteiger partial charge is 0.221 e. The fourth-order valence-electron chi connectivity index (χ4n) is 1.60. The van der Waals surface area contributed by atoms with Crippen LogP contribution in [0.4, 0.5) is 5.69 Å². The number of amides is 1. The van der Waals surface area contributed by atoms with Crippen LogP contribution in [-0.2, 0) is 4.79 Å². The summed E-state index contributed by atoms with van der Waals surface area (Å²) in [6, 6.07) is 10.1. The van der Waals surface area contributed by atoms with Gasteiger partial charge < -0.3 is 5.32 Å². The molecule has 0 fully saturated rings. The number of hydrogen-bond acceptors (Lipinski definition) is 3. The van der Waals surface area contributed by atoms with E-state index in [9.17, 15) is 4.79 Å². The van der Waals surface area contributed by atoms with Gasteiger partial charge in [-0.25, -0.2) is 0 Å². The Hall–Kier alpha value is -1.47. The van der Waals surface area contributed by atoms with E-state index in [0.717, 1.165) is 24.3 Å². The van der Waals surface area contributed by atoms with E-state index in [1.807, 2.05) is 38.1 Å². The van der Waals surface area contributed by atoms with Crippen molar-refractivity contribution < 1.29 is 4.79 Å². The number of carbonyl (C=O) groups is 1. The Morgan fingerprint density at radius 3 is 2.53 bits per heavy atom. The summed E-state index contributed by atoms with van der Waals surface area (Å²) in [5.41, 5.74) is 0.595. The molecule has 0 saturated carbocycles. The summed E-state index contributed by atoms with van der Waals surface area (Å²) in [5, 5.41) is 11.7. The zero-order chi connectivity index (χ0) is 14.3. The van der Waals surface area contributed by atoms with Crippen LogP contribution in [0.1, 0.15) is 33.6 Å². The lowest BCUT2D eigenvalue weighted by Crippen LogP contribution is -2.07. The summed E-state index contributed by atoms with van der Waals surface area (Å²) in [7, 11) is 0. The number of nitriles is 1. The summed E-state index contributed by atoms with van der Waals surface area (Å²) in [4.78, 5) is 12.1. The summed E-state index contributed by atoms with van der Waals surface area (Å²) in [5.74, 6) is 0.948. The van der Waals surface area contributed by atoms with Gasteiger partial charge in [-0.3, -0.25) is 4.79 Å². The lowest BCUT2D eigenvalue weighted by atomic mass is 9.90. The van der Waals surface area contributed by atoms with Crippen LogP contribution in [0.15, 0.2) is 29.2 Å². The van der Waals surface area contributed by atoms with Crippen molar-refractivity contribution in [2.45, 2.75) is 38.5 Å². The van der Waals surface area contributed by atoms with E-state index < -0.39 is 0 Å². The van der Waals surface area contributed by atoms with Gasteiger partial charge in [0.05, 0.1) is 11.5 Å². The van der Waals surface area contributed by atoms with Gasteiger partial charge in [0.1, 0.15) is 0 Å². The van der Waals surface area contributed by atoms with Crippen LogP contribution >= 0.6 is 11.8 Å². The van der Waals surface area contributed by atoms with E-state index in [2.05, 4.69) is 11.4 Å². The van der Waals surface area contributed by atoms with Crippen molar-refractivity contribution in [3.05, 3.63) is 24.3 Å². The zero-order valence-corrected chi connectivity index (χ0v) is 12.5. The van der Waals surface area contributed by atoms with Crippen molar-refractivity contribution in [1.29, 1.82) is 5.26 Å². The van der Waals surface area contributed by atoms with Crippen molar-refractivity contribution in [2.75, 3.05) is 11.1 Å². The third-order valence-corrected chi connectivity index (χ3v) is 3.79. The highest BCUT2D eigenvalue weighted by Crippen LogP contribution is 2.25. The summed E-state index contributed by atoms with van der Waals surface area (Å²) in [6.45, 7) is 5.44. The van der Waals surface area contributed by atoms with Crippen LogP contribution in [0.25, 0.3) is 0 Å². The number of rotatable bonds is 6. The van der Waals surface area contributed by atoms with E-state index in [0.29, 0.717) is 0 Å². The molecule has 0 aliphatic carbocycles. The van der Waals surface area contributed by atoms with Crippen molar-refractivity contribution >= 4 is 23.4 Å². The number of hydrogen-bond donors (Lipinski definition) is 1. The fourth-order valence-corrected chi connectivity index (χ4v) is 2.45. The van der Waals surface area contributed by atoms with Gasteiger partial charge in [0, 0.05) is 17.5 Å². The topological polar surface area (TPSA) is 52.9 Å². The highest BCUT2D eigenvalue weighted by atomic mass is 32.2. The first kappa shape index (κ1) is 15.6. The Kier molecular flexibility index (Phi) is 5.91. The molecular formula is C15H20N2OS. The highest BCUT2D eigenvalue weighted by Gasteiger charge is 2.15. The Bertz CT molecular complexity index is 460. The largest absolute Gasteiger partial charge is 0.326 e. The monoisotopic (exact) mass is 276 g/mol. The molecule has 0 unspecified atom stereocenters. The number of anilines is 1. The summed E-state index contributed by atoms with van der Waals surface area (Å²) < 4.78 is 0. The molecular weight excluding hydrogens is 256 g/mol. The maximum Gasteiger partial charge on any atom is 0.221 e. The minimum absolute atomic E-state index is 0.0564. The van der Waals surface area contributed by atoms with E-state index in [4.69, 9.17) is 5.26 Å². The molecule has 3 nitrogen and oxygen atoms in total. The van der Waals surface area contributed by atoms with Crippen LogP contribution in [0.2, 0.25) is 0 Å². The second-order valence-corrected chi connectivity index (χ2v) is 6.32. The first-order chi connectivity index (χ1) is 8.93. The third-order valence-electron chi connectivity index (χ3n) is 2.69. The quantitative estimate of drug-likeness (QED) is 0.629. The molecule has 0 saturated heterocycles. The third kappa shape index (κ3) is 6.30. The number of carbonyl (C=O) groups excluding carboxylic acids is 1. The van der Waals surface area contributed by atoms with Crippen molar-refractivity contribution in [3.63, 3.8) is 0 Å². The Balaban J connectivity index is 2.35. The van der Waals surface area contributed by atoms with Gasteiger partial charge >= 0.3 is 0 Å². The molecule has 1 amide bonds. The molecule has 0 aromatic heterocycles. The molecule has 1 aromatic rings. The van der Waals surface area contributed by atoms with Crippen LogP contribution in [0.3, 0.4) is 0 Å². The lowest BCUT2D eigenvalue weighted by Gasteiger charge is -2.14. The Labute approximate surface area is 119 Å². The SMILES string of the molecule is CC(=O)Nc1ccc(SCCCC(C)(C)C#N)cc1. The molecule has 4 heteroatoms. The Morgan fingerprint density at radius 1 is 1.37 bits per heavy atom. The van der Waals surface area contributed by atoms with Crippen LogP contribution < -0.4 is 5.32 Å². The molecule has 1 aromatic carbocycles. The van der Waals surface area contributed by atoms with Gasteiger partial charge in [-0.15, -0.1) is 11.8 Å². The standard InChI is InChI=1S/C15H20N2OS/c1-12(18)17-13-5-7-14(8-6-13)19-10-4-9-15(2,3)11-16/h5-8H,4,9-10H2,1-3H3,(H,17,18).